The quantitative estimate of drug-likeness (QED) is 0.878. The van der Waals surface area contributed by atoms with E-state index in [1.807, 2.05) is 19.9 Å². The Morgan fingerprint density at radius 2 is 2.06 bits per heavy atom. The van der Waals surface area contributed by atoms with Crippen molar-refractivity contribution in [2.24, 2.45) is 11.3 Å². The third kappa shape index (κ3) is 1.61. The van der Waals surface area contributed by atoms with Gasteiger partial charge < -0.3 is 10.2 Å². The van der Waals surface area contributed by atoms with Crippen molar-refractivity contribution in [2.75, 3.05) is 0 Å². The number of hydrogen-bond donors (Lipinski definition) is 2. The maximum atomic E-state index is 11.0. The fourth-order valence-electron chi connectivity index (χ4n) is 2.46. The van der Waals surface area contributed by atoms with E-state index in [0.29, 0.717) is 0 Å². The van der Waals surface area contributed by atoms with E-state index in [9.17, 15) is 9.90 Å². The predicted molar refractivity (Wildman–Crippen MR) is 63.5 cm³/mol. The van der Waals surface area contributed by atoms with Gasteiger partial charge in [-0.2, -0.15) is 0 Å². The van der Waals surface area contributed by atoms with Crippen LogP contribution < -0.4 is 0 Å². The molecule has 0 amide bonds. The summed E-state index contributed by atoms with van der Waals surface area (Å²) in [6.07, 6.45) is 0. The average Bonchev–Trinajstić information content (AvgIpc) is 2.69. The topological polar surface area (TPSA) is 57.5 Å². The molecular formula is C12H13BrO3. The summed E-state index contributed by atoms with van der Waals surface area (Å²) in [7, 11) is 0. The van der Waals surface area contributed by atoms with Crippen LogP contribution in [-0.2, 0) is 4.79 Å². The molecule has 3 nitrogen and oxygen atoms in total. The molecule has 0 aliphatic heterocycles. The van der Waals surface area contributed by atoms with Gasteiger partial charge in [0.1, 0.15) is 5.75 Å². The standard InChI is InChI=1S/C12H13BrO3/c1-12(2)9(10(12)11(15)16)7-4-3-6(13)5-8(7)14/h3-5,9-10,14H,1-2H3,(H,15,16)/t9-,10+/m1/s1. The molecule has 1 aliphatic carbocycles. The summed E-state index contributed by atoms with van der Waals surface area (Å²) in [5.41, 5.74) is 0.442. The fourth-order valence-corrected chi connectivity index (χ4v) is 2.81. The molecule has 2 atom stereocenters. The molecule has 4 heteroatoms. The first-order valence-electron chi connectivity index (χ1n) is 5.07. The van der Waals surface area contributed by atoms with Gasteiger partial charge in [-0.15, -0.1) is 0 Å². The number of phenols is 1. The summed E-state index contributed by atoms with van der Waals surface area (Å²) < 4.78 is 0.791. The third-order valence-electron chi connectivity index (χ3n) is 3.42. The zero-order valence-corrected chi connectivity index (χ0v) is 10.7. The molecule has 0 bridgehead atoms. The van der Waals surface area contributed by atoms with Gasteiger partial charge in [-0.3, -0.25) is 4.79 Å². The number of benzene rings is 1. The van der Waals surface area contributed by atoms with Crippen molar-refractivity contribution < 1.29 is 15.0 Å². The molecule has 16 heavy (non-hydrogen) atoms. The molecule has 0 saturated heterocycles. The number of phenolic OH excluding ortho intramolecular Hbond substituents is 1. The Balaban J connectivity index is 2.37. The number of carbonyl (C=O) groups is 1. The van der Waals surface area contributed by atoms with E-state index < -0.39 is 11.9 Å². The van der Waals surface area contributed by atoms with Crippen molar-refractivity contribution in [1.82, 2.24) is 0 Å². The molecule has 1 saturated carbocycles. The Kier molecular flexibility index (Phi) is 2.49. The van der Waals surface area contributed by atoms with E-state index >= 15 is 0 Å². The van der Waals surface area contributed by atoms with E-state index in [0.717, 1.165) is 10.0 Å². The molecule has 0 heterocycles. The van der Waals surface area contributed by atoms with Gasteiger partial charge in [0.05, 0.1) is 5.92 Å². The van der Waals surface area contributed by atoms with Crippen LogP contribution >= 0.6 is 15.9 Å². The number of halogens is 1. The van der Waals surface area contributed by atoms with Gasteiger partial charge in [-0.05, 0) is 23.1 Å². The van der Waals surface area contributed by atoms with Gasteiger partial charge >= 0.3 is 5.97 Å². The van der Waals surface area contributed by atoms with Crippen LogP contribution in [-0.4, -0.2) is 16.2 Å². The van der Waals surface area contributed by atoms with E-state index in [1.54, 1.807) is 12.1 Å². The summed E-state index contributed by atoms with van der Waals surface area (Å²) in [6, 6.07) is 5.21. The minimum atomic E-state index is -0.794. The highest BCUT2D eigenvalue weighted by Crippen LogP contribution is 2.65. The average molecular weight is 285 g/mol. The number of hydrogen-bond acceptors (Lipinski definition) is 2. The zero-order valence-electron chi connectivity index (χ0n) is 9.07. The molecule has 1 aromatic rings. The lowest BCUT2D eigenvalue weighted by Gasteiger charge is -2.05. The van der Waals surface area contributed by atoms with Crippen molar-refractivity contribution in [3.63, 3.8) is 0 Å². The first-order valence-corrected chi connectivity index (χ1v) is 5.86. The van der Waals surface area contributed by atoms with Gasteiger partial charge in [0.25, 0.3) is 0 Å². The number of aliphatic carboxylic acids is 1. The second kappa shape index (κ2) is 3.48. The molecule has 2 N–H and O–H groups in total. The molecule has 0 aromatic heterocycles. The van der Waals surface area contributed by atoms with E-state index in [4.69, 9.17) is 5.11 Å². The Labute approximate surface area is 102 Å². The fraction of sp³-hybridized carbons (Fsp3) is 0.417. The molecular weight excluding hydrogens is 272 g/mol. The summed E-state index contributed by atoms with van der Waals surface area (Å²) >= 11 is 3.26. The lowest BCUT2D eigenvalue weighted by molar-refractivity contribution is -0.139. The van der Waals surface area contributed by atoms with Crippen LogP contribution in [0.25, 0.3) is 0 Å². The van der Waals surface area contributed by atoms with E-state index in [2.05, 4.69) is 15.9 Å². The van der Waals surface area contributed by atoms with Crippen LogP contribution in [0.4, 0.5) is 0 Å². The normalized spacial score (nSPS) is 26.4. The van der Waals surface area contributed by atoms with Crippen LogP contribution in [0.3, 0.4) is 0 Å². The number of rotatable bonds is 2. The Morgan fingerprint density at radius 1 is 1.44 bits per heavy atom. The summed E-state index contributed by atoms with van der Waals surface area (Å²) in [4.78, 5) is 11.0. The highest BCUT2D eigenvalue weighted by molar-refractivity contribution is 9.10. The maximum Gasteiger partial charge on any atom is 0.307 e. The Morgan fingerprint density at radius 3 is 2.50 bits per heavy atom. The molecule has 2 rings (SSSR count). The second-order valence-electron chi connectivity index (χ2n) is 4.82. The van der Waals surface area contributed by atoms with Gasteiger partial charge in [0, 0.05) is 10.4 Å². The third-order valence-corrected chi connectivity index (χ3v) is 3.91. The number of aromatic hydroxyl groups is 1. The van der Waals surface area contributed by atoms with E-state index in [1.165, 1.54) is 0 Å². The first kappa shape index (κ1) is 11.5. The SMILES string of the molecule is CC1(C)[C@H](C(=O)O)[C@H]1c1ccc(Br)cc1O. The lowest BCUT2D eigenvalue weighted by atomic mass is 10.0. The van der Waals surface area contributed by atoms with Crippen LogP contribution in [0.5, 0.6) is 5.75 Å². The summed E-state index contributed by atoms with van der Waals surface area (Å²) in [6.45, 7) is 3.83. The van der Waals surface area contributed by atoms with Crippen molar-refractivity contribution in [1.29, 1.82) is 0 Å². The van der Waals surface area contributed by atoms with Gasteiger partial charge in [0.15, 0.2) is 0 Å². The molecule has 1 aromatic carbocycles. The molecule has 0 spiro atoms. The maximum absolute atomic E-state index is 11.0. The minimum Gasteiger partial charge on any atom is -0.508 e. The van der Waals surface area contributed by atoms with Crippen molar-refractivity contribution in [2.45, 2.75) is 19.8 Å². The van der Waals surface area contributed by atoms with Crippen molar-refractivity contribution in [3.8, 4) is 5.75 Å². The van der Waals surface area contributed by atoms with Gasteiger partial charge in [-0.1, -0.05) is 35.8 Å². The molecule has 0 radical (unpaired) electrons. The van der Waals surface area contributed by atoms with Crippen LogP contribution in [0, 0.1) is 11.3 Å². The van der Waals surface area contributed by atoms with Crippen LogP contribution in [0.2, 0.25) is 0 Å². The molecule has 0 unspecified atom stereocenters. The van der Waals surface area contributed by atoms with Crippen molar-refractivity contribution >= 4 is 21.9 Å². The second-order valence-corrected chi connectivity index (χ2v) is 5.73. The van der Waals surface area contributed by atoms with Crippen LogP contribution in [0.1, 0.15) is 25.3 Å². The highest BCUT2D eigenvalue weighted by Gasteiger charge is 2.63. The first-order chi connectivity index (χ1) is 7.35. The minimum absolute atomic E-state index is 0.0990. The van der Waals surface area contributed by atoms with E-state index in [-0.39, 0.29) is 17.1 Å². The zero-order chi connectivity index (χ0) is 12.1. The lowest BCUT2D eigenvalue weighted by Crippen LogP contribution is -2.03. The molecule has 86 valence electrons. The number of carboxylic acid groups (broad SMARTS) is 1. The van der Waals surface area contributed by atoms with Crippen LogP contribution in [0.15, 0.2) is 22.7 Å². The van der Waals surface area contributed by atoms with Gasteiger partial charge in [0.2, 0.25) is 0 Å². The largest absolute Gasteiger partial charge is 0.508 e. The van der Waals surface area contributed by atoms with Crippen molar-refractivity contribution in [3.05, 3.63) is 28.2 Å². The predicted octanol–water partition coefficient (Wildman–Crippen LogP) is 2.98. The Bertz CT molecular complexity index is 454. The summed E-state index contributed by atoms with van der Waals surface area (Å²) in [5.74, 6) is -1.13. The summed E-state index contributed by atoms with van der Waals surface area (Å²) in [5, 5.41) is 18.9. The number of carboxylic acids is 1. The molecule has 1 aliphatic rings. The Hall–Kier alpha value is -1.03. The highest BCUT2D eigenvalue weighted by atomic mass is 79.9. The monoisotopic (exact) mass is 284 g/mol. The van der Waals surface area contributed by atoms with Gasteiger partial charge in [-0.25, -0.2) is 0 Å². The molecule has 1 fully saturated rings. The smallest absolute Gasteiger partial charge is 0.307 e.